The summed E-state index contributed by atoms with van der Waals surface area (Å²) in [4.78, 5) is 39.4. The maximum Gasteiger partial charge on any atom is 0.293 e. The van der Waals surface area contributed by atoms with Gasteiger partial charge in [0, 0.05) is 24.9 Å². The smallest absolute Gasteiger partial charge is 0.293 e. The van der Waals surface area contributed by atoms with E-state index in [1.54, 1.807) is 36.4 Å². The molecule has 1 aliphatic rings. The standard InChI is InChI=1S/C26H19Cl2IN2O4S/c1-15-2-8-20(12-21(15)28)30-24(32)14-35-22-9-5-18(27)10-17(22)11-23-25(33)31(26(34)36-23)13-16-3-6-19(29)7-4-16/h2-12H,13-14H2,1H3,(H,30,32)/b23-11-. The molecule has 3 aromatic rings. The number of nitrogens with zero attached hydrogens (tertiary/aromatic N) is 1. The van der Waals surface area contributed by atoms with Gasteiger partial charge in [-0.25, -0.2) is 0 Å². The quantitative estimate of drug-likeness (QED) is 0.217. The van der Waals surface area contributed by atoms with Crippen LogP contribution >= 0.6 is 57.6 Å². The lowest BCUT2D eigenvalue weighted by atomic mass is 10.1. The highest BCUT2D eigenvalue weighted by atomic mass is 127. The molecular formula is C26H19Cl2IN2O4S. The van der Waals surface area contributed by atoms with E-state index < -0.39 is 5.91 Å². The number of rotatable bonds is 7. The number of carbonyl (C=O) groups excluding carboxylic acids is 3. The Hall–Kier alpha value is -2.53. The van der Waals surface area contributed by atoms with Gasteiger partial charge in [-0.05, 0) is 101 Å². The molecule has 0 atom stereocenters. The molecule has 1 saturated heterocycles. The Morgan fingerprint density at radius 1 is 1.08 bits per heavy atom. The van der Waals surface area contributed by atoms with E-state index in [9.17, 15) is 14.4 Å². The van der Waals surface area contributed by atoms with E-state index in [4.69, 9.17) is 27.9 Å². The van der Waals surface area contributed by atoms with Gasteiger partial charge in [0.15, 0.2) is 6.61 Å². The predicted molar refractivity (Wildman–Crippen MR) is 152 cm³/mol. The zero-order valence-electron chi connectivity index (χ0n) is 18.9. The van der Waals surface area contributed by atoms with Crippen LogP contribution in [0.3, 0.4) is 0 Å². The zero-order chi connectivity index (χ0) is 25.8. The van der Waals surface area contributed by atoms with E-state index in [1.165, 1.54) is 4.90 Å². The van der Waals surface area contributed by atoms with Gasteiger partial charge in [0.2, 0.25) is 0 Å². The van der Waals surface area contributed by atoms with Crippen LogP contribution in [0.5, 0.6) is 5.75 Å². The molecule has 3 amide bonds. The van der Waals surface area contributed by atoms with E-state index in [1.807, 2.05) is 37.3 Å². The van der Waals surface area contributed by atoms with Crippen molar-refractivity contribution >= 4 is 86.4 Å². The van der Waals surface area contributed by atoms with Crippen molar-refractivity contribution in [3.63, 3.8) is 0 Å². The zero-order valence-corrected chi connectivity index (χ0v) is 23.4. The molecular weight excluding hydrogens is 634 g/mol. The molecule has 0 bridgehead atoms. The number of nitrogens with one attached hydrogen (secondary N) is 1. The molecule has 0 aromatic heterocycles. The average Bonchev–Trinajstić information content (AvgIpc) is 3.09. The van der Waals surface area contributed by atoms with E-state index in [0.717, 1.165) is 26.5 Å². The lowest BCUT2D eigenvalue weighted by Gasteiger charge is -2.13. The number of hydrogen-bond acceptors (Lipinski definition) is 5. The number of halogens is 3. The van der Waals surface area contributed by atoms with Crippen LogP contribution in [0.15, 0.2) is 65.6 Å². The van der Waals surface area contributed by atoms with Crippen molar-refractivity contribution in [1.29, 1.82) is 0 Å². The molecule has 184 valence electrons. The number of benzene rings is 3. The summed E-state index contributed by atoms with van der Waals surface area (Å²) in [5.74, 6) is -0.432. The minimum Gasteiger partial charge on any atom is -0.483 e. The molecule has 0 radical (unpaired) electrons. The lowest BCUT2D eigenvalue weighted by Crippen LogP contribution is -2.27. The summed E-state index contributed by atoms with van der Waals surface area (Å²) in [5, 5.41) is 3.34. The molecule has 1 N–H and O–H groups in total. The van der Waals surface area contributed by atoms with Crippen molar-refractivity contribution in [1.82, 2.24) is 4.90 Å². The first-order valence-corrected chi connectivity index (χ1v) is 13.3. The number of ether oxygens (including phenoxy) is 1. The molecule has 3 aromatic carbocycles. The third kappa shape index (κ3) is 6.61. The third-order valence-electron chi connectivity index (χ3n) is 5.20. The second-order valence-electron chi connectivity index (χ2n) is 7.88. The van der Waals surface area contributed by atoms with Crippen LogP contribution in [-0.2, 0) is 16.1 Å². The Labute approximate surface area is 236 Å². The van der Waals surface area contributed by atoms with Gasteiger partial charge >= 0.3 is 0 Å². The fourth-order valence-corrected chi connectivity index (χ4v) is 4.87. The summed E-state index contributed by atoms with van der Waals surface area (Å²) in [6.07, 6.45) is 1.55. The monoisotopic (exact) mass is 652 g/mol. The van der Waals surface area contributed by atoms with Gasteiger partial charge in [-0.15, -0.1) is 0 Å². The maximum atomic E-state index is 13.0. The number of thioether (sulfide) groups is 1. The first kappa shape index (κ1) is 26.5. The van der Waals surface area contributed by atoms with Gasteiger partial charge in [-0.3, -0.25) is 19.3 Å². The highest BCUT2D eigenvalue weighted by Gasteiger charge is 2.35. The van der Waals surface area contributed by atoms with Crippen LogP contribution in [0.25, 0.3) is 6.08 Å². The number of hydrogen-bond donors (Lipinski definition) is 1. The second-order valence-corrected chi connectivity index (χ2v) is 11.0. The molecule has 0 spiro atoms. The Bertz CT molecular complexity index is 1380. The van der Waals surface area contributed by atoms with Crippen LogP contribution in [0.1, 0.15) is 16.7 Å². The summed E-state index contributed by atoms with van der Waals surface area (Å²) in [6.45, 7) is 1.78. The summed E-state index contributed by atoms with van der Waals surface area (Å²) in [5.41, 5.74) is 2.79. The highest BCUT2D eigenvalue weighted by molar-refractivity contribution is 14.1. The maximum absolute atomic E-state index is 13.0. The molecule has 1 aliphatic heterocycles. The first-order valence-electron chi connectivity index (χ1n) is 10.7. The summed E-state index contributed by atoms with van der Waals surface area (Å²) < 4.78 is 6.78. The van der Waals surface area contributed by atoms with Crippen LogP contribution < -0.4 is 10.1 Å². The summed E-state index contributed by atoms with van der Waals surface area (Å²) >= 11 is 15.3. The van der Waals surface area contributed by atoms with Crippen molar-refractivity contribution in [2.24, 2.45) is 0 Å². The van der Waals surface area contributed by atoms with Crippen LogP contribution in [-0.4, -0.2) is 28.6 Å². The Balaban J connectivity index is 1.47. The number of imide groups is 1. The van der Waals surface area contributed by atoms with Gasteiger partial charge in [-0.1, -0.05) is 41.4 Å². The fraction of sp³-hybridized carbons (Fsp3) is 0.115. The Morgan fingerprint density at radius 2 is 1.83 bits per heavy atom. The van der Waals surface area contributed by atoms with E-state index in [-0.39, 0.29) is 29.2 Å². The lowest BCUT2D eigenvalue weighted by molar-refractivity contribution is -0.123. The number of carbonyl (C=O) groups is 3. The van der Waals surface area contributed by atoms with E-state index in [0.29, 0.717) is 27.0 Å². The molecule has 0 unspecified atom stereocenters. The number of amides is 3. The topological polar surface area (TPSA) is 75.7 Å². The van der Waals surface area contributed by atoms with Gasteiger partial charge < -0.3 is 10.1 Å². The molecule has 6 nitrogen and oxygen atoms in total. The van der Waals surface area contributed by atoms with Crippen LogP contribution in [0.4, 0.5) is 10.5 Å². The molecule has 1 heterocycles. The SMILES string of the molecule is Cc1ccc(NC(=O)COc2ccc(Cl)cc2/C=C2\SC(=O)N(Cc3ccc(I)cc3)C2=O)cc1Cl. The molecule has 0 aliphatic carbocycles. The first-order chi connectivity index (χ1) is 17.2. The average molecular weight is 653 g/mol. The highest BCUT2D eigenvalue weighted by Crippen LogP contribution is 2.35. The third-order valence-corrected chi connectivity index (χ3v) is 7.47. The van der Waals surface area contributed by atoms with E-state index >= 15 is 0 Å². The fourth-order valence-electron chi connectivity index (χ4n) is 3.32. The predicted octanol–water partition coefficient (Wildman–Crippen LogP) is 7.16. The minimum absolute atomic E-state index is 0.182. The molecule has 1 fully saturated rings. The molecule has 36 heavy (non-hydrogen) atoms. The van der Waals surface area contributed by atoms with Crippen molar-refractivity contribution in [2.45, 2.75) is 13.5 Å². The number of aryl methyl sites for hydroxylation is 1. The minimum atomic E-state index is -0.400. The van der Waals surface area contributed by atoms with Crippen molar-refractivity contribution < 1.29 is 19.1 Å². The van der Waals surface area contributed by atoms with Gasteiger partial charge in [0.05, 0.1) is 11.4 Å². The van der Waals surface area contributed by atoms with Gasteiger partial charge in [0.25, 0.3) is 17.1 Å². The molecule has 0 saturated carbocycles. The van der Waals surface area contributed by atoms with Crippen molar-refractivity contribution in [2.75, 3.05) is 11.9 Å². The van der Waals surface area contributed by atoms with Gasteiger partial charge in [-0.2, -0.15) is 0 Å². The van der Waals surface area contributed by atoms with Gasteiger partial charge in [0.1, 0.15) is 5.75 Å². The largest absolute Gasteiger partial charge is 0.483 e. The summed E-state index contributed by atoms with van der Waals surface area (Å²) in [6, 6.07) is 17.7. The normalized spacial score (nSPS) is 14.4. The van der Waals surface area contributed by atoms with Crippen LogP contribution in [0, 0.1) is 10.5 Å². The molecule has 10 heteroatoms. The summed E-state index contributed by atoms with van der Waals surface area (Å²) in [7, 11) is 0. The second kappa shape index (κ2) is 11.7. The Morgan fingerprint density at radius 3 is 2.56 bits per heavy atom. The van der Waals surface area contributed by atoms with Crippen molar-refractivity contribution in [3.8, 4) is 5.75 Å². The Kier molecular flexibility index (Phi) is 8.61. The van der Waals surface area contributed by atoms with Crippen molar-refractivity contribution in [3.05, 3.63) is 95.9 Å². The van der Waals surface area contributed by atoms with Crippen LogP contribution in [0.2, 0.25) is 10.0 Å². The number of anilines is 1. The van der Waals surface area contributed by atoms with E-state index in [2.05, 4.69) is 27.9 Å². The molecule has 4 rings (SSSR count).